The van der Waals surface area contributed by atoms with Gasteiger partial charge in [-0.05, 0) is 24.8 Å². The molecule has 1 aromatic rings. The summed E-state index contributed by atoms with van der Waals surface area (Å²) in [6, 6.07) is 0.460. The molecule has 0 aliphatic carbocycles. The van der Waals surface area contributed by atoms with Crippen LogP contribution in [-0.4, -0.2) is 96.2 Å². The van der Waals surface area contributed by atoms with Crippen molar-refractivity contribution in [3.8, 4) is 0 Å². The molecular weight excluding hydrogens is 350 g/mol. The van der Waals surface area contributed by atoms with Gasteiger partial charge in [-0.2, -0.15) is 0 Å². The zero-order valence-electron chi connectivity index (χ0n) is 18.2. The molecule has 0 spiro atoms. The summed E-state index contributed by atoms with van der Waals surface area (Å²) in [5.41, 5.74) is 0. The van der Waals surface area contributed by atoms with E-state index in [1.54, 1.807) is 0 Å². The zero-order chi connectivity index (χ0) is 19.9. The van der Waals surface area contributed by atoms with Gasteiger partial charge in [-0.15, -0.1) is 0 Å². The monoisotopic (exact) mass is 389 g/mol. The third kappa shape index (κ3) is 5.47. The van der Waals surface area contributed by atoms with E-state index >= 15 is 0 Å². The maximum absolute atomic E-state index is 4.58. The average Bonchev–Trinajstić information content (AvgIpc) is 3.24. The molecule has 3 rings (SSSR count). The maximum atomic E-state index is 4.58. The summed E-state index contributed by atoms with van der Waals surface area (Å²) in [4.78, 5) is 16.4. The highest BCUT2D eigenvalue weighted by molar-refractivity contribution is 5.80. The molecule has 7 heteroatoms. The number of guanidine groups is 1. The summed E-state index contributed by atoms with van der Waals surface area (Å²) in [5.74, 6) is 2.31. The first-order valence-electron chi connectivity index (χ1n) is 11.0. The van der Waals surface area contributed by atoms with Crippen molar-refractivity contribution in [2.24, 2.45) is 16.8 Å². The van der Waals surface area contributed by atoms with Gasteiger partial charge in [-0.1, -0.05) is 20.8 Å². The number of piperidine rings is 1. The van der Waals surface area contributed by atoms with Gasteiger partial charge < -0.3 is 24.6 Å². The topological polar surface area (TPSA) is 51.9 Å². The van der Waals surface area contributed by atoms with Crippen LogP contribution >= 0.6 is 0 Å². The smallest absolute Gasteiger partial charge is 0.193 e. The predicted molar refractivity (Wildman–Crippen MR) is 116 cm³/mol. The van der Waals surface area contributed by atoms with E-state index in [2.05, 4.69) is 61.5 Å². The van der Waals surface area contributed by atoms with Crippen LogP contribution in [0.2, 0.25) is 0 Å². The van der Waals surface area contributed by atoms with Crippen LogP contribution in [-0.2, 0) is 0 Å². The second-order valence-corrected chi connectivity index (χ2v) is 8.56. The number of hydrogen-bond acceptors (Lipinski definition) is 4. The molecular formula is C21H39N7. The molecule has 1 aromatic heterocycles. The molecule has 0 radical (unpaired) electrons. The van der Waals surface area contributed by atoms with Crippen molar-refractivity contribution in [1.82, 2.24) is 29.6 Å². The van der Waals surface area contributed by atoms with Crippen molar-refractivity contribution in [2.75, 3.05) is 66.0 Å². The number of nitrogens with one attached hydrogen (secondary N) is 1. The third-order valence-corrected chi connectivity index (χ3v) is 6.43. The van der Waals surface area contributed by atoms with Crippen molar-refractivity contribution < 1.29 is 0 Å². The minimum atomic E-state index is 0.460. The number of aromatic nitrogens is 2. The van der Waals surface area contributed by atoms with Gasteiger partial charge >= 0.3 is 0 Å². The molecule has 2 saturated heterocycles. The molecule has 2 aliphatic heterocycles. The first-order valence-corrected chi connectivity index (χ1v) is 11.0. The fourth-order valence-electron chi connectivity index (χ4n) is 4.49. The number of likely N-dealkylation sites (tertiary alicyclic amines) is 1. The normalized spacial score (nSPS) is 26.4. The molecule has 158 valence electrons. The standard InChI is InChI=1S/C21H39N7/c1-5-25-10-12-26(13-11-25)15-18(2)14-24-21(22-4)27-8-6-19(3)20(16-27)28-9-7-23-17-28/h7,9,17-20H,5-6,8,10-16H2,1-4H3,(H,22,24). The zero-order valence-corrected chi connectivity index (χ0v) is 18.2. The van der Waals surface area contributed by atoms with Crippen LogP contribution in [0.25, 0.3) is 0 Å². The van der Waals surface area contributed by atoms with Crippen LogP contribution in [0.3, 0.4) is 0 Å². The highest BCUT2D eigenvalue weighted by Gasteiger charge is 2.29. The highest BCUT2D eigenvalue weighted by atomic mass is 15.3. The first kappa shape index (κ1) is 21.1. The Labute approximate surface area is 170 Å². The van der Waals surface area contributed by atoms with Gasteiger partial charge in [-0.25, -0.2) is 4.98 Å². The van der Waals surface area contributed by atoms with E-state index in [4.69, 9.17) is 0 Å². The van der Waals surface area contributed by atoms with E-state index in [-0.39, 0.29) is 0 Å². The van der Waals surface area contributed by atoms with Gasteiger partial charge in [0.05, 0.1) is 12.4 Å². The molecule has 0 saturated carbocycles. The summed E-state index contributed by atoms with van der Waals surface area (Å²) in [6.07, 6.45) is 7.09. The third-order valence-electron chi connectivity index (χ3n) is 6.43. The molecule has 7 nitrogen and oxygen atoms in total. The van der Waals surface area contributed by atoms with E-state index in [1.165, 1.54) is 39.1 Å². The largest absolute Gasteiger partial charge is 0.356 e. The second kappa shape index (κ2) is 10.3. The molecule has 0 aromatic carbocycles. The van der Waals surface area contributed by atoms with Crippen LogP contribution in [0.4, 0.5) is 0 Å². The second-order valence-electron chi connectivity index (χ2n) is 8.56. The van der Waals surface area contributed by atoms with Gasteiger partial charge in [-0.3, -0.25) is 4.99 Å². The SMILES string of the molecule is CCN1CCN(CC(C)CNC(=NC)N2CCC(C)C(n3ccnc3)C2)CC1. The molecule has 3 heterocycles. The number of likely N-dealkylation sites (N-methyl/N-ethyl adjacent to an activating group) is 1. The molecule has 2 aliphatic rings. The minimum Gasteiger partial charge on any atom is -0.356 e. The van der Waals surface area contributed by atoms with Crippen molar-refractivity contribution >= 4 is 5.96 Å². The Bertz CT molecular complexity index is 592. The molecule has 28 heavy (non-hydrogen) atoms. The number of aliphatic imine (C=N–C) groups is 1. The Morgan fingerprint density at radius 2 is 1.96 bits per heavy atom. The molecule has 3 atom stereocenters. The maximum Gasteiger partial charge on any atom is 0.193 e. The minimum absolute atomic E-state index is 0.460. The van der Waals surface area contributed by atoms with Crippen LogP contribution in [0.15, 0.2) is 23.7 Å². The first-order chi connectivity index (χ1) is 13.6. The Morgan fingerprint density at radius 3 is 2.61 bits per heavy atom. The fraction of sp³-hybridized carbons (Fsp3) is 0.810. The highest BCUT2D eigenvalue weighted by Crippen LogP contribution is 2.27. The Morgan fingerprint density at radius 1 is 1.21 bits per heavy atom. The van der Waals surface area contributed by atoms with Gasteiger partial charge in [0.2, 0.25) is 0 Å². The molecule has 1 N–H and O–H groups in total. The Kier molecular flexibility index (Phi) is 7.73. The van der Waals surface area contributed by atoms with Crippen molar-refractivity contribution in [1.29, 1.82) is 0 Å². The lowest BCUT2D eigenvalue weighted by Gasteiger charge is -2.39. The number of piperazine rings is 1. The van der Waals surface area contributed by atoms with E-state index < -0.39 is 0 Å². The quantitative estimate of drug-likeness (QED) is 0.592. The van der Waals surface area contributed by atoms with Gasteiger partial charge in [0.15, 0.2) is 5.96 Å². The summed E-state index contributed by atoms with van der Waals surface area (Å²) < 4.78 is 2.25. The van der Waals surface area contributed by atoms with Crippen molar-refractivity contribution in [3.05, 3.63) is 18.7 Å². The summed E-state index contributed by atoms with van der Waals surface area (Å²) in [5, 5.41) is 3.64. The number of imidazole rings is 1. The van der Waals surface area contributed by atoms with E-state index in [0.717, 1.165) is 32.1 Å². The van der Waals surface area contributed by atoms with Crippen molar-refractivity contribution in [3.63, 3.8) is 0 Å². The van der Waals surface area contributed by atoms with Crippen LogP contribution in [0.1, 0.15) is 33.2 Å². The molecule has 2 fully saturated rings. The number of rotatable bonds is 6. The van der Waals surface area contributed by atoms with E-state index in [1.807, 2.05) is 19.6 Å². The Balaban J connectivity index is 1.46. The fourth-order valence-corrected chi connectivity index (χ4v) is 4.49. The number of hydrogen-bond donors (Lipinski definition) is 1. The molecule has 3 unspecified atom stereocenters. The molecule has 0 amide bonds. The lowest BCUT2D eigenvalue weighted by atomic mass is 9.93. The summed E-state index contributed by atoms with van der Waals surface area (Å²) in [7, 11) is 1.90. The summed E-state index contributed by atoms with van der Waals surface area (Å²) >= 11 is 0. The Hall–Kier alpha value is -1.60. The average molecular weight is 390 g/mol. The van der Waals surface area contributed by atoms with Crippen molar-refractivity contribution in [2.45, 2.75) is 33.2 Å². The van der Waals surface area contributed by atoms with E-state index in [0.29, 0.717) is 17.9 Å². The van der Waals surface area contributed by atoms with Gasteiger partial charge in [0.25, 0.3) is 0 Å². The lowest BCUT2D eigenvalue weighted by Crippen LogP contribution is -2.51. The van der Waals surface area contributed by atoms with Crippen LogP contribution < -0.4 is 5.32 Å². The van der Waals surface area contributed by atoms with Crippen LogP contribution in [0.5, 0.6) is 0 Å². The van der Waals surface area contributed by atoms with E-state index in [9.17, 15) is 0 Å². The summed E-state index contributed by atoms with van der Waals surface area (Å²) in [6.45, 7) is 17.1. The van der Waals surface area contributed by atoms with Gasteiger partial charge in [0.1, 0.15) is 0 Å². The number of nitrogens with zero attached hydrogens (tertiary/aromatic N) is 6. The lowest BCUT2D eigenvalue weighted by molar-refractivity contribution is 0.124. The van der Waals surface area contributed by atoms with Crippen LogP contribution in [0, 0.1) is 11.8 Å². The molecule has 0 bridgehead atoms. The van der Waals surface area contributed by atoms with Gasteiger partial charge in [0, 0.05) is 71.8 Å². The predicted octanol–water partition coefficient (Wildman–Crippen LogP) is 1.62.